The highest BCUT2D eigenvalue weighted by atomic mass is 19.4. The summed E-state index contributed by atoms with van der Waals surface area (Å²) in [6, 6.07) is 10.8. The average molecular weight is 382 g/mol. The van der Waals surface area contributed by atoms with E-state index in [4.69, 9.17) is 14.6 Å². The van der Waals surface area contributed by atoms with Crippen molar-refractivity contribution >= 4 is 5.97 Å². The van der Waals surface area contributed by atoms with Gasteiger partial charge in [-0.3, -0.25) is 4.79 Å². The zero-order valence-electron chi connectivity index (χ0n) is 14.3. The molecule has 1 N–H and O–H groups in total. The predicted molar refractivity (Wildman–Crippen MR) is 89.8 cm³/mol. The van der Waals surface area contributed by atoms with Crippen LogP contribution in [0.5, 0.6) is 17.2 Å². The number of hydrogen-bond acceptors (Lipinski definition) is 4. The van der Waals surface area contributed by atoms with Gasteiger partial charge in [0.05, 0.1) is 19.6 Å². The van der Waals surface area contributed by atoms with E-state index in [1.165, 1.54) is 13.2 Å². The molecular formula is C19H17F3O5. The number of alkyl halides is 3. The minimum Gasteiger partial charge on any atom is -0.497 e. The van der Waals surface area contributed by atoms with Crippen molar-refractivity contribution in [3.05, 3.63) is 42.5 Å². The molecule has 1 aliphatic carbocycles. The molecule has 2 unspecified atom stereocenters. The summed E-state index contributed by atoms with van der Waals surface area (Å²) >= 11 is 0. The second-order valence-electron chi connectivity index (χ2n) is 6.22. The van der Waals surface area contributed by atoms with Crippen LogP contribution in [-0.4, -0.2) is 31.2 Å². The molecule has 0 aliphatic heterocycles. The van der Waals surface area contributed by atoms with E-state index in [2.05, 4.69) is 4.74 Å². The van der Waals surface area contributed by atoms with Crippen LogP contribution in [0.1, 0.15) is 6.42 Å². The van der Waals surface area contributed by atoms with Crippen LogP contribution in [0.3, 0.4) is 0 Å². The van der Waals surface area contributed by atoms with Gasteiger partial charge in [-0.1, -0.05) is 12.1 Å². The van der Waals surface area contributed by atoms with E-state index >= 15 is 0 Å². The first-order chi connectivity index (χ1) is 12.7. The van der Waals surface area contributed by atoms with Crippen LogP contribution in [0.4, 0.5) is 13.2 Å². The molecule has 1 aliphatic rings. The Kier molecular flexibility index (Phi) is 5.16. The van der Waals surface area contributed by atoms with Crippen molar-refractivity contribution < 1.29 is 37.3 Å². The van der Waals surface area contributed by atoms with E-state index in [1.807, 2.05) is 0 Å². The summed E-state index contributed by atoms with van der Waals surface area (Å²) in [5, 5.41) is 8.87. The summed E-state index contributed by atoms with van der Waals surface area (Å²) in [5.74, 6) is -0.708. The number of carboxylic acids is 1. The fraction of sp³-hybridized carbons (Fsp3) is 0.316. The number of halogens is 3. The molecule has 0 radical (unpaired) electrons. The first-order valence-corrected chi connectivity index (χ1v) is 8.16. The minimum absolute atomic E-state index is 0.0163. The Morgan fingerprint density at radius 3 is 2.30 bits per heavy atom. The van der Waals surface area contributed by atoms with Gasteiger partial charge in [0, 0.05) is 12.0 Å². The van der Waals surface area contributed by atoms with Gasteiger partial charge >= 0.3 is 12.3 Å². The van der Waals surface area contributed by atoms with E-state index in [1.54, 1.807) is 30.3 Å². The predicted octanol–water partition coefficient (Wildman–Crippen LogP) is 4.36. The molecule has 0 spiro atoms. The molecule has 0 aromatic heterocycles. The maximum atomic E-state index is 12.5. The summed E-state index contributed by atoms with van der Waals surface area (Å²) in [4.78, 5) is 10.8. The Bertz CT molecular complexity index is 817. The molecule has 1 saturated carbocycles. The Morgan fingerprint density at radius 2 is 1.74 bits per heavy atom. The van der Waals surface area contributed by atoms with E-state index in [0.717, 1.165) is 6.07 Å². The summed E-state index contributed by atoms with van der Waals surface area (Å²) < 4.78 is 52.0. The lowest BCUT2D eigenvalue weighted by molar-refractivity contribution is -0.274. The van der Waals surface area contributed by atoms with Crippen molar-refractivity contribution in [2.45, 2.75) is 12.8 Å². The van der Waals surface area contributed by atoms with Crippen molar-refractivity contribution in [1.29, 1.82) is 0 Å². The van der Waals surface area contributed by atoms with Gasteiger partial charge in [0.15, 0.2) is 0 Å². The van der Waals surface area contributed by atoms with Gasteiger partial charge in [-0.2, -0.15) is 0 Å². The molecule has 1 fully saturated rings. The first kappa shape index (κ1) is 18.9. The molecule has 144 valence electrons. The van der Waals surface area contributed by atoms with Gasteiger partial charge in [0.25, 0.3) is 0 Å². The zero-order valence-corrected chi connectivity index (χ0v) is 14.3. The van der Waals surface area contributed by atoms with Crippen molar-refractivity contribution in [2.75, 3.05) is 13.7 Å². The zero-order chi connectivity index (χ0) is 19.6. The summed E-state index contributed by atoms with van der Waals surface area (Å²) in [5.41, 5.74) is 1.15. The Hall–Kier alpha value is -2.90. The van der Waals surface area contributed by atoms with Crippen LogP contribution < -0.4 is 14.2 Å². The van der Waals surface area contributed by atoms with Crippen molar-refractivity contribution in [3.63, 3.8) is 0 Å². The van der Waals surface area contributed by atoms with Gasteiger partial charge < -0.3 is 19.3 Å². The number of carboxylic acid groups (broad SMARTS) is 1. The molecule has 2 aromatic carbocycles. The summed E-state index contributed by atoms with van der Waals surface area (Å²) in [7, 11) is 1.36. The Labute approximate surface area is 153 Å². The second-order valence-corrected chi connectivity index (χ2v) is 6.22. The van der Waals surface area contributed by atoms with E-state index in [0.29, 0.717) is 29.9 Å². The molecule has 0 bridgehead atoms. The standard InChI is InChI=1S/C19H17F3O5/c1-25-15-6-12(7-16(9-15)27-19(20,21)22)11-2-4-14(5-3-11)26-10-13-8-17(13)18(23)24/h2-7,9,13,17H,8,10H2,1H3,(H,23,24). The Balaban J connectivity index is 1.70. The van der Waals surface area contributed by atoms with E-state index in [9.17, 15) is 18.0 Å². The fourth-order valence-electron chi connectivity index (χ4n) is 2.73. The lowest BCUT2D eigenvalue weighted by atomic mass is 10.0. The number of aliphatic carboxylic acids is 1. The Morgan fingerprint density at radius 1 is 1.07 bits per heavy atom. The van der Waals surface area contributed by atoms with Crippen molar-refractivity contribution in [1.82, 2.24) is 0 Å². The highest BCUT2D eigenvalue weighted by Crippen LogP contribution is 2.39. The van der Waals surface area contributed by atoms with Crippen LogP contribution >= 0.6 is 0 Å². The molecule has 27 heavy (non-hydrogen) atoms. The third kappa shape index (κ3) is 5.06. The minimum atomic E-state index is -4.79. The quantitative estimate of drug-likeness (QED) is 0.771. The number of carbonyl (C=O) groups is 1. The maximum Gasteiger partial charge on any atom is 0.573 e. The molecule has 0 heterocycles. The molecule has 2 atom stereocenters. The molecule has 0 saturated heterocycles. The van der Waals surface area contributed by atoms with Crippen molar-refractivity contribution in [2.24, 2.45) is 11.8 Å². The van der Waals surface area contributed by atoms with Crippen LogP contribution in [0.2, 0.25) is 0 Å². The average Bonchev–Trinajstić information content (AvgIpc) is 3.38. The SMILES string of the molecule is COc1cc(OC(F)(F)F)cc(-c2ccc(OCC3CC3C(=O)O)cc2)c1. The first-order valence-electron chi connectivity index (χ1n) is 8.16. The molecule has 5 nitrogen and oxygen atoms in total. The molecule has 2 aromatic rings. The lowest BCUT2D eigenvalue weighted by Gasteiger charge is -2.13. The highest BCUT2D eigenvalue weighted by molar-refractivity contribution is 5.73. The van der Waals surface area contributed by atoms with Gasteiger partial charge in [-0.25, -0.2) is 0 Å². The molecular weight excluding hydrogens is 365 g/mol. The topological polar surface area (TPSA) is 65.0 Å². The van der Waals surface area contributed by atoms with E-state index < -0.39 is 12.3 Å². The number of hydrogen-bond donors (Lipinski definition) is 1. The molecule has 0 amide bonds. The lowest BCUT2D eigenvalue weighted by Crippen LogP contribution is -2.17. The molecule has 3 rings (SSSR count). The number of methoxy groups -OCH3 is 1. The van der Waals surface area contributed by atoms with Gasteiger partial charge in [0.1, 0.15) is 17.2 Å². The number of ether oxygens (including phenoxy) is 3. The van der Waals surface area contributed by atoms with Gasteiger partial charge in [-0.05, 0) is 41.8 Å². The van der Waals surface area contributed by atoms with Crippen LogP contribution in [0, 0.1) is 11.8 Å². The third-order valence-electron chi connectivity index (χ3n) is 4.24. The van der Waals surface area contributed by atoms with Crippen LogP contribution in [0.25, 0.3) is 11.1 Å². The van der Waals surface area contributed by atoms with Crippen LogP contribution in [-0.2, 0) is 4.79 Å². The number of benzene rings is 2. The van der Waals surface area contributed by atoms with Gasteiger partial charge in [-0.15, -0.1) is 13.2 Å². The second kappa shape index (κ2) is 7.38. The van der Waals surface area contributed by atoms with E-state index in [-0.39, 0.29) is 23.3 Å². The highest BCUT2D eigenvalue weighted by Gasteiger charge is 2.43. The third-order valence-corrected chi connectivity index (χ3v) is 4.24. The smallest absolute Gasteiger partial charge is 0.497 e. The van der Waals surface area contributed by atoms with Gasteiger partial charge in [0.2, 0.25) is 0 Å². The number of rotatable bonds is 7. The van der Waals surface area contributed by atoms with Crippen LogP contribution in [0.15, 0.2) is 42.5 Å². The molecule has 8 heteroatoms. The monoisotopic (exact) mass is 382 g/mol. The summed E-state index contributed by atoms with van der Waals surface area (Å²) in [6.07, 6.45) is -4.18. The van der Waals surface area contributed by atoms with Crippen molar-refractivity contribution in [3.8, 4) is 28.4 Å². The summed E-state index contributed by atoms with van der Waals surface area (Å²) in [6.45, 7) is 0.318. The normalized spacial score (nSPS) is 18.7. The fourth-order valence-corrected chi connectivity index (χ4v) is 2.73. The largest absolute Gasteiger partial charge is 0.573 e. The maximum absolute atomic E-state index is 12.5.